The number of rotatable bonds is 8. The molecule has 3 amide bonds. The summed E-state index contributed by atoms with van der Waals surface area (Å²) in [5.41, 5.74) is 8.31. The van der Waals surface area contributed by atoms with Crippen molar-refractivity contribution in [3.63, 3.8) is 0 Å². The minimum Gasteiger partial charge on any atom is -0.496 e. The van der Waals surface area contributed by atoms with E-state index >= 15 is 0 Å². The number of amides is 3. The maximum Gasteiger partial charge on any atom is 0.259 e. The zero-order chi connectivity index (χ0) is 26.6. The summed E-state index contributed by atoms with van der Waals surface area (Å²) in [5, 5.41) is 6.14. The van der Waals surface area contributed by atoms with Gasteiger partial charge in [-0.25, -0.2) is 15.3 Å². The fourth-order valence-electron chi connectivity index (χ4n) is 4.50. The number of hydrogen-bond donors (Lipinski definition) is 4. The van der Waals surface area contributed by atoms with E-state index in [0.29, 0.717) is 28.0 Å². The summed E-state index contributed by atoms with van der Waals surface area (Å²) in [7, 11) is 1.58. The smallest absolute Gasteiger partial charge is 0.259 e. The number of carbonyl (C=O) groups is 3. The van der Waals surface area contributed by atoms with Crippen LogP contribution in [0.15, 0.2) is 58.5 Å². The highest BCUT2D eigenvalue weighted by molar-refractivity contribution is 8.14. The van der Waals surface area contributed by atoms with Gasteiger partial charge in [-0.05, 0) is 31.5 Å². The van der Waals surface area contributed by atoms with Gasteiger partial charge in [0.25, 0.3) is 5.91 Å². The fraction of sp³-hybridized carbons (Fsp3) is 0.346. The molecule has 3 aliphatic heterocycles. The maximum atomic E-state index is 13.4. The van der Waals surface area contributed by atoms with E-state index in [2.05, 4.69) is 31.5 Å². The van der Waals surface area contributed by atoms with Crippen molar-refractivity contribution >= 4 is 46.2 Å². The van der Waals surface area contributed by atoms with E-state index in [-0.39, 0.29) is 48.6 Å². The average Bonchev–Trinajstić information content (AvgIpc) is 3.48. The molecule has 3 unspecified atom stereocenters. The number of aliphatic imine (C=N–C) groups is 2. The molecule has 11 nitrogen and oxygen atoms in total. The lowest BCUT2D eigenvalue weighted by Crippen LogP contribution is -2.46. The van der Waals surface area contributed by atoms with Crippen LogP contribution in [-0.4, -0.2) is 64.7 Å². The van der Waals surface area contributed by atoms with E-state index in [9.17, 15) is 14.4 Å². The van der Waals surface area contributed by atoms with Gasteiger partial charge in [0.2, 0.25) is 11.8 Å². The van der Waals surface area contributed by atoms with Crippen LogP contribution in [-0.2, 0) is 20.9 Å². The highest BCUT2D eigenvalue weighted by atomic mass is 32.2. The number of thioether (sulfide) groups is 1. The van der Waals surface area contributed by atoms with Crippen molar-refractivity contribution in [3.8, 4) is 5.75 Å². The summed E-state index contributed by atoms with van der Waals surface area (Å²) in [4.78, 5) is 49.4. The third-order valence-corrected chi connectivity index (χ3v) is 7.29. The molecule has 0 spiro atoms. The van der Waals surface area contributed by atoms with Gasteiger partial charge in [-0.1, -0.05) is 42.1 Å². The van der Waals surface area contributed by atoms with Gasteiger partial charge in [0, 0.05) is 23.7 Å². The number of methoxy groups -OCH3 is 1. The molecular weight excluding hydrogens is 506 g/mol. The summed E-state index contributed by atoms with van der Waals surface area (Å²) in [6, 6.07) is 14.2. The number of hydrogen-bond acceptors (Lipinski definition) is 9. The number of nitrogens with one attached hydrogen (secondary N) is 4. The highest BCUT2D eigenvalue weighted by Crippen LogP contribution is 2.34. The molecule has 5 rings (SSSR count). The summed E-state index contributed by atoms with van der Waals surface area (Å²) in [6.45, 7) is 2.30. The molecule has 1 saturated heterocycles. The molecule has 3 aliphatic rings. The predicted octanol–water partition coefficient (Wildman–Crippen LogP) is 1.42. The molecule has 3 heterocycles. The van der Waals surface area contributed by atoms with Gasteiger partial charge in [0.15, 0.2) is 5.17 Å². The minimum atomic E-state index is -0.885. The first-order chi connectivity index (χ1) is 18.4. The molecule has 0 aromatic heterocycles. The molecule has 12 heteroatoms. The van der Waals surface area contributed by atoms with E-state index in [1.165, 1.54) is 16.7 Å². The zero-order valence-corrected chi connectivity index (χ0v) is 21.9. The SMILES string of the molecule is COc1ccccc1CNC(=O)CC1N=C2c3ccccc3N=C(SCC(=O)NC3CC(C)NN3)N2C1=O. The van der Waals surface area contributed by atoms with Crippen LogP contribution < -0.4 is 26.2 Å². The Morgan fingerprint density at radius 3 is 2.71 bits per heavy atom. The molecule has 0 bridgehead atoms. The second-order valence-electron chi connectivity index (χ2n) is 9.18. The monoisotopic (exact) mass is 535 g/mol. The van der Waals surface area contributed by atoms with Crippen molar-refractivity contribution in [2.24, 2.45) is 9.98 Å². The Hall–Kier alpha value is -3.74. The van der Waals surface area contributed by atoms with Crippen LogP contribution in [0, 0.1) is 0 Å². The van der Waals surface area contributed by atoms with Crippen LogP contribution in [0.2, 0.25) is 0 Å². The van der Waals surface area contributed by atoms with Crippen LogP contribution in [0.3, 0.4) is 0 Å². The molecule has 0 radical (unpaired) electrons. The van der Waals surface area contributed by atoms with E-state index in [1.807, 2.05) is 55.5 Å². The molecule has 198 valence electrons. The third kappa shape index (κ3) is 5.57. The lowest BCUT2D eigenvalue weighted by Gasteiger charge is -2.25. The Morgan fingerprint density at radius 1 is 1.13 bits per heavy atom. The molecule has 0 aliphatic carbocycles. The van der Waals surface area contributed by atoms with Crippen molar-refractivity contribution in [2.45, 2.75) is 44.6 Å². The van der Waals surface area contributed by atoms with Gasteiger partial charge in [0.05, 0.1) is 31.1 Å². The summed E-state index contributed by atoms with van der Waals surface area (Å²) in [6.07, 6.45) is 0.511. The van der Waals surface area contributed by atoms with Gasteiger partial charge in [-0.15, -0.1) is 0 Å². The molecule has 1 fully saturated rings. The molecule has 2 aromatic carbocycles. The number of nitrogens with zero attached hydrogens (tertiary/aromatic N) is 3. The number of fused-ring (bicyclic) bond motifs is 3. The van der Waals surface area contributed by atoms with Crippen molar-refractivity contribution in [1.29, 1.82) is 0 Å². The van der Waals surface area contributed by atoms with Gasteiger partial charge >= 0.3 is 0 Å². The second kappa shape index (κ2) is 11.3. The molecular formula is C26H29N7O4S. The molecule has 3 atom stereocenters. The van der Waals surface area contributed by atoms with E-state index < -0.39 is 6.04 Å². The third-order valence-electron chi connectivity index (χ3n) is 6.36. The Labute approximate surface area is 224 Å². The van der Waals surface area contributed by atoms with Crippen molar-refractivity contribution in [1.82, 2.24) is 26.4 Å². The average molecular weight is 536 g/mol. The Morgan fingerprint density at radius 2 is 1.92 bits per heavy atom. The van der Waals surface area contributed by atoms with Crippen LogP contribution >= 0.6 is 11.8 Å². The van der Waals surface area contributed by atoms with Crippen molar-refractivity contribution in [2.75, 3.05) is 12.9 Å². The summed E-state index contributed by atoms with van der Waals surface area (Å²) < 4.78 is 5.33. The van der Waals surface area contributed by atoms with Crippen LogP contribution in [0.25, 0.3) is 0 Å². The van der Waals surface area contributed by atoms with Crippen molar-refractivity contribution in [3.05, 3.63) is 59.7 Å². The zero-order valence-electron chi connectivity index (χ0n) is 21.1. The maximum absolute atomic E-state index is 13.4. The molecule has 0 saturated carbocycles. The van der Waals surface area contributed by atoms with Crippen LogP contribution in [0.5, 0.6) is 5.75 Å². The lowest BCUT2D eigenvalue weighted by atomic mass is 10.1. The first-order valence-corrected chi connectivity index (χ1v) is 13.3. The normalized spacial score (nSPS) is 21.8. The number of amidine groups is 2. The van der Waals surface area contributed by atoms with E-state index in [4.69, 9.17) is 4.74 Å². The molecule has 2 aromatic rings. The quantitative estimate of drug-likeness (QED) is 0.401. The molecule has 4 N–H and O–H groups in total. The summed E-state index contributed by atoms with van der Waals surface area (Å²) in [5.74, 6) is 0.376. The number of ether oxygens (including phenoxy) is 1. The lowest BCUT2D eigenvalue weighted by molar-refractivity contribution is -0.128. The number of carbonyl (C=O) groups excluding carboxylic acids is 3. The Bertz CT molecular complexity index is 1310. The van der Waals surface area contributed by atoms with Crippen LogP contribution in [0.4, 0.5) is 5.69 Å². The van der Waals surface area contributed by atoms with E-state index in [1.54, 1.807) is 7.11 Å². The first kappa shape index (κ1) is 25.9. The standard InChI is InChI=1S/C26H29N7O4S/c1-15-11-21(32-31-15)30-23(35)14-38-26-29-18-9-5-4-8-17(18)24-28-19(25(36)33(24)26)12-22(34)27-13-16-7-3-6-10-20(16)37-2/h3-10,15,19,21,31-32H,11-14H2,1-2H3,(H,27,34)(H,30,35). The first-order valence-electron chi connectivity index (χ1n) is 12.3. The van der Waals surface area contributed by atoms with Crippen LogP contribution in [0.1, 0.15) is 30.9 Å². The van der Waals surface area contributed by atoms with Crippen molar-refractivity contribution < 1.29 is 19.1 Å². The largest absolute Gasteiger partial charge is 0.496 e. The van der Waals surface area contributed by atoms with Gasteiger partial charge < -0.3 is 15.4 Å². The highest BCUT2D eigenvalue weighted by Gasteiger charge is 2.42. The Balaban J connectivity index is 1.26. The second-order valence-corrected chi connectivity index (χ2v) is 10.1. The number of benzene rings is 2. The Kier molecular flexibility index (Phi) is 7.72. The topological polar surface area (TPSA) is 137 Å². The van der Waals surface area contributed by atoms with E-state index in [0.717, 1.165) is 12.0 Å². The van der Waals surface area contributed by atoms with Gasteiger partial charge in [-0.3, -0.25) is 24.8 Å². The van der Waals surface area contributed by atoms with Gasteiger partial charge in [0.1, 0.15) is 17.6 Å². The van der Waals surface area contributed by atoms with Gasteiger partial charge in [-0.2, -0.15) is 0 Å². The summed E-state index contributed by atoms with van der Waals surface area (Å²) >= 11 is 1.17. The number of para-hydroxylation sites is 2. The predicted molar refractivity (Wildman–Crippen MR) is 145 cm³/mol. The fourth-order valence-corrected chi connectivity index (χ4v) is 5.31. The minimum absolute atomic E-state index is 0.0781. The number of hydrazine groups is 1. The molecule has 38 heavy (non-hydrogen) atoms.